The molecule has 0 aromatic heterocycles. The Morgan fingerprint density at radius 2 is 0.825 bits per heavy atom. The fraction of sp³-hybridized carbons (Fsp3) is 0.972. The molecule has 0 fully saturated rings. The Hall–Kier alpha value is -0.610. The molecule has 1 N–H and O–H groups in total. The number of ether oxygens (including phenoxy) is 2. The van der Waals surface area contributed by atoms with E-state index in [1.807, 2.05) is 0 Å². The minimum absolute atomic E-state index is 0.166. The third kappa shape index (κ3) is 31.9. The van der Waals surface area contributed by atoms with Crippen LogP contribution in [-0.4, -0.2) is 37.0 Å². The molecule has 0 radical (unpaired) electrons. The van der Waals surface area contributed by atoms with Crippen molar-refractivity contribution < 1.29 is 19.4 Å². The maximum absolute atomic E-state index is 11.9. The monoisotopic (exact) mass is 569 g/mol. The summed E-state index contributed by atoms with van der Waals surface area (Å²) in [5.41, 5.74) is 0. The zero-order valence-corrected chi connectivity index (χ0v) is 27.4. The molecule has 0 aliphatic carbocycles. The summed E-state index contributed by atoms with van der Waals surface area (Å²) < 4.78 is 11.0. The van der Waals surface area contributed by atoms with E-state index in [1.54, 1.807) is 0 Å². The van der Waals surface area contributed by atoms with E-state index in [0.29, 0.717) is 19.6 Å². The van der Waals surface area contributed by atoms with Crippen LogP contribution in [0.4, 0.5) is 0 Å². The molecule has 0 aromatic rings. The van der Waals surface area contributed by atoms with E-state index in [4.69, 9.17) is 9.47 Å². The zero-order valence-electron chi connectivity index (χ0n) is 27.4. The lowest BCUT2D eigenvalue weighted by atomic mass is 10.0. The summed E-state index contributed by atoms with van der Waals surface area (Å²) in [4.78, 5) is 11.9. The SMILES string of the molecule is CCCCCCCCCCCCCCCCCCCCCCCCCOCC(CO)OC(=O)CCCCCCC. The van der Waals surface area contributed by atoms with Gasteiger partial charge in [-0.25, -0.2) is 0 Å². The zero-order chi connectivity index (χ0) is 29.2. The van der Waals surface area contributed by atoms with Crippen LogP contribution in [0.1, 0.15) is 200 Å². The van der Waals surface area contributed by atoms with Crippen molar-refractivity contribution in [1.29, 1.82) is 0 Å². The molecule has 4 heteroatoms. The predicted octanol–water partition coefficient (Wildman–Crippen LogP) is 11.3. The number of rotatable bonds is 34. The van der Waals surface area contributed by atoms with Crippen LogP contribution < -0.4 is 0 Å². The maximum atomic E-state index is 11.9. The second kappa shape index (κ2) is 34.6. The first-order valence-corrected chi connectivity index (χ1v) is 18.1. The van der Waals surface area contributed by atoms with Gasteiger partial charge in [-0.05, 0) is 12.8 Å². The molecule has 0 aliphatic heterocycles. The van der Waals surface area contributed by atoms with Gasteiger partial charge in [-0.3, -0.25) is 4.79 Å². The summed E-state index contributed by atoms with van der Waals surface area (Å²) in [6.07, 6.45) is 37.6. The first kappa shape index (κ1) is 39.4. The van der Waals surface area contributed by atoms with Crippen LogP contribution in [0.2, 0.25) is 0 Å². The van der Waals surface area contributed by atoms with E-state index in [-0.39, 0.29) is 12.6 Å². The molecule has 1 unspecified atom stereocenters. The van der Waals surface area contributed by atoms with Crippen LogP contribution in [0.15, 0.2) is 0 Å². The van der Waals surface area contributed by atoms with Crippen molar-refractivity contribution in [3.05, 3.63) is 0 Å². The fourth-order valence-corrected chi connectivity index (χ4v) is 5.45. The smallest absolute Gasteiger partial charge is 0.306 e. The molecular formula is C36H72O4. The molecular weight excluding hydrogens is 496 g/mol. The molecule has 40 heavy (non-hydrogen) atoms. The predicted molar refractivity (Wildman–Crippen MR) is 173 cm³/mol. The number of hydrogen-bond donors (Lipinski definition) is 1. The number of hydrogen-bond acceptors (Lipinski definition) is 4. The number of aliphatic hydroxyl groups excluding tert-OH is 1. The second-order valence-corrected chi connectivity index (χ2v) is 12.3. The lowest BCUT2D eigenvalue weighted by molar-refractivity contribution is -0.154. The Labute approximate surface area is 251 Å². The first-order chi connectivity index (χ1) is 19.7. The second-order valence-electron chi connectivity index (χ2n) is 12.3. The quantitative estimate of drug-likeness (QED) is 0.0619. The maximum Gasteiger partial charge on any atom is 0.306 e. The molecule has 1 atom stereocenters. The lowest BCUT2D eigenvalue weighted by Gasteiger charge is -2.15. The van der Waals surface area contributed by atoms with Crippen molar-refractivity contribution in [3.8, 4) is 0 Å². The van der Waals surface area contributed by atoms with Crippen molar-refractivity contribution >= 4 is 5.97 Å². The molecule has 0 aliphatic rings. The van der Waals surface area contributed by atoms with Gasteiger partial charge in [-0.15, -0.1) is 0 Å². The molecule has 0 saturated heterocycles. The highest BCUT2D eigenvalue weighted by atomic mass is 16.6. The van der Waals surface area contributed by atoms with Gasteiger partial charge in [0.1, 0.15) is 6.10 Å². The van der Waals surface area contributed by atoms with E-state index in [0.717, 1.165) is 19.3 Å². The molecule has 0 heterocycles. The third-order valence-electron chi connectivity index (χ3n) is 8.18. The lowest BCUT2D eigenvalue weighted by Crippen LogP contribution is -2.27. The van der Waals surface area contributed by atoms with Crippen LogP contribution in [0.3, 0.4) is 0 Å². The molecule has 0 bridgehead atoms. The van der Waals surface area contributed by atoms with Crippen LogP contribution in [0.5, 0.6) is 0 Å². The molecule has 240 valence electrons. The van der Waals surface area contributed by atoms with Crippen LogP contribution in [0.25, 0.3) is 0 Å². The highest BCUT2D eigenvalue weighted by Gasteiger charge is 2.13. The van der Waals surface area contributed by atoms with Gasteiger partial charge in [0, 0.05) is 13.0 Å². The standard InChI is InChI=1S/C36H72O4/c1-3-5-7-9-10-11-12-13-14-15-16-17-18-19-20-21-22-23-24-25-26-28-30-32-39-34-35(33-37)40-36(38)31-29-27-8-6-4-2/h35,37H,3-34H2,1-2H3. The average molecular weight is 569 g/mol. The van der Waals surface area contributed by atoms with Gasteiger partial charge < -0.3 is 14.6 Å². The Morgan fingerprint density at radius 1 is 0.500 bits per heavy atom. The number of unbranched alkanes of at least 4 members (excludes halogenated alkanes) is 26. The first-order valence-electron chi connectivity index (χ1n) is 18.1. The van der Waals surface area contributed by atoms with Crippen LogP contribution in [-0.2, 0) is 14.3 Å². The molecule has 0 spiro atoms. The molecule has 0 rings (SSSR count). The van der Waals surface area contributed by atoms with Gasteiger partial charge in [0.05, 0.1) is 13.2 Å². The van der Waals surface area contributed by atoms with E-state index >= 15 is 0 Å². The Balaban J connectivity index is 3.25. The van der Waals surface area contributed by atoms with Gasteiger partial charge in [0.25, 0.3) is 0 Å². The van der Waals surface area contributed by atoms with Gasteiger partial charge in [0.2, 0.25) is 0 Å². The van der Waals surface area contributed by atoms with Gasteiger partial charge in [-0.1, -0.05) is 181 Å². The van der Waals surface area contributed by atoms with Gasteiger partial charge in [-0.2, -0.15) is 0 Å². The Morgan fingerprint density at radius 3 is 1.18 bits per heavy atom. The summed E-state index contributed by atoms with van der Waals surface area (Å²) in [6.45, 7) is 5.30. The highest BCUT2D eigenvalue weighted by Crippen LogP contribution is 2.15. The number of esters is 1. The largest absolute Gasteiger partial charge is 0.457 e. The van der Waals surface area contributed by atoms with Crippen molar-refractivity contribution in [2.24, 2.45) is 0 Å². The van der Waals surface area contributed by atoms with Crippen molar-refractivity contribution in [1.82, 2.24) is 0 Å². The minimum atomic E-state index is -0.521. The summed E-state index contributed by atoms with van der Waals surface area (Å²) in [5.74, 6) is -0.210. The van der Waals surface area contributed by atoms with E-state index in [1.165, 1.54) is 161 Å². The third-order valence-corrected chi connectivity index (χ3v) is 8.18. The van der Waals surface area contributed by atoms with Crippen LogP contribution in [0, 0.1) is 0 Å². The minimum Gasteiger partial charge on any atom is -0.457 e. The molecule has 0 amide bonds. The topological polar surface area (TPSA) is 55.8 Å². The van der Waals surface area contributed by atoms with Crippen molar-refractivity contribution in [3.63, 3.8) is 0 Å². The summed E-state index contributed by atoms with van der Waals surface area (Å²) in [5, 5.41) is 9.45. The fourth-order valence-electron chi connectivity index (χ4n) is 5.45. The Bertz CT molecular complexity index is 481. The van der Waals surface area contributed by atoms with Gasteiger partial charge in [0.15, 0.2) is 0 Å². The number of carbonyl (C=O) groups is 1. The Kier molecular flexibility index (Phi) is 34.1. The highest BCUT2D eigenvalue weighted by molar-refractivity contribution is 5.69. The molecule has 4 nitrogen and oxygen atoms in total. The summed E-state index contributed by atoms with van der Waals surface area (Å²) in [6, 6.07) is 0. The van der Waals surface area contributed by atoms with E-state index < -0.39 is 6.10 Å². The summed E-state index contributed by atoms with van der Waals surface area (Å²) in [7, 11) is 0. The van der Waals surface area contributed by atoms with Gasteiger partial charge >= 0.3 is 5.97 Å². The van der Waals surface area contributed by atoms with E-state index in [2.05, 4.69) is 13.8 Å². The molecule has 0 aromatic carbocycles. The van der Waals surface area contributed by atoms with Crippen molar-refractivity contribution in [2.45, 2.75) is 206 Å². The average Bonchev–Trinajstić information content (AvgIpc) is 2.96. The number of aliphatic hydroxyl groups is 1. The van der Waals surface area contributed by atoms with Crippen molar-refractivity contribution in [2.75, 3.05) is 19.8 Å². The number of carbonyl (C=O) groups excluding carboxylic acids is 1. The van der Waals surface area contributed by atoms with E-state index in [9.17, 15) is 9.90 Å². The van der Waals surface area contributed by atoms with Crippen LogP contribution >= 0.6 is 0 Å². The molecule has 0 saturated carbocycles. The summed E-state index contributed by atoms with van der Waals surface area (Å²) >= 11 is 0. The normalized spacial score (nSPS) is 12.2.